The maximum atomic E-state index is 12.4. The van der Waals surface area contributed by atoms with E-state index in [0.29, 0.717) is 6.92 Å². The average Bonchev–Trinajstić information content (AvgIpc) is 2.02. The molecule has 0 bridgehead atoms. The minimum absolute atomic E-state index is 0.377. The minimum Gasteiger partial charge on any atom is -0.204 e. The molecule has 1 unspecified atom stereocenters. The van der Waals surface area contributed by atoms with Crippen molar-refractivity contribution in [2.24, 2.45) is 5.92 Å². The number of hydrogen-bond donors (Lipinski definition) is 0. The Hall–Kier alpha value is -0.560. The van der Waals surface area contributed by atoms with Crippen molar-refractivity contribution in [3.63, 3.8) is 0 Å². The molecule has 0 fully saturated rings. The molecule has 0 aromatic heterocycles. The highest BCUT2D eigenvalue weighted by molar-refractivity contribution is 4.82. The summed E-state index contributed by atoms with van der Waals surface area (Å²) in [5.74, 6) is -11.9. The molecule has 0 nitrogen and oxygen atoms in total. The molecule has 0 amide bonds. The van der Waals surface area contributed by atoms with E-state index >= 15 is 0 Å². The maximum absolute atomic E-state index is 12.4. The van der Waals surface area contributed by atoms with Gasteiger partial charge in [-0.1, -0.05) is 6.92 Å². The van der Waals surface area contributed by atoms with Crippen molar-refractivity contribution in [1.82, 2.24) is 0 Å². The van der Waals surface area contributed by atoms with Gasteiger partial charge in [-0.25, -0.2) is 26.3 Å². The number of alkyl halides is 8. The molecule has 0 saturated heterocycles. The molecule has 0 spiro atoms. The van der Waals surface area contributed by atoms with E-state index < -0.39 is 37.0 Å². The van der Waals surface area contributed by atoms with Crippen LogP contribution in [0, 0.1) is 5.92 Å². The molecule has 0 aromatic carbocycles. The van der Waals surface area contributed by atoms with Crippen molar-refractivity contribution >= 4 is 0 Å². The summed E-state index contributed by atoms with van der Waals surface area (Å²) in [5, 5.41) is 0. The van der Waals surface area contributed by atoms with E-state index in [-0.39, 0.29) is 0 Å². The van der Waals surface area contributed by atoms with Gasteiger partial charge in [0.1, 0.15) is 0 Å². The fraction of sp³-hybridized carbons (Fsp3) is 1.00. The van der Waals surface area contributed by atoms with Gasteiger partial charge in [-0.15, -0.1) is 0 Å². The van der Waals surface area contributed by atoms with Crippen molar-refractivity contribution < 1.29 is 35.1 Å². The van der Waals surface area contributed by atoms with Crippen molar-refractivity contribution in [2.75, 3.05) is 0 Å². The fourth-order valence-corrected chi connectivity index (χ4v) is 0.848. The van der Waals surface area contributed by atoms with Crippen molar-refractivity contribution in [1.29, 1.82) is 0 Å². The van der Waals surface area contributed by atoms with Crippen LogP contribution in [0.5, 0.6) is 0 Å². The van der Waals surface area contributed by atoms with Crippen LogP contribution in [0.4, 0.5) is 35.1 Å². The second-order valence-corrected chi connectivity index (χ2v) is 3.14. The van der Waals surface area contributed by atoms with Crippen LogP contribution in [0.1, 0.15) is 13.3 Å². The zero-order valence-electron chi connectivity index (χ0n) is 7.46. The van der Waals surface area contributed by atoms with E-state index in [9.17, 15) is 35.1 Å². The Bertz CT molecular complexity index is 199. The molecule has 0 heterocycles. The first-order valence-electron chi connectivity index (χ1n) is 3.83. The lowest BCUT2D eigenvalue weighted by atomic mass is 9.96. The smallest absolute Gasteiger partial charge is 0.204 e. The van der Waals surface area contributed by atoms with E-state index in [1.807, 2.05) is 0 Å². The molecule has 92 valence electrons. The molecular formula is C7H8F8. The van der Waals surface area contributed by atoms with Crippen LogP contribution in [0.15, 0.2) is 0 Å². The molecule has 0 N–H and O–H groups in total. The molecular weight excluding hydrogens is 236 g/mol. The summed E-state index contributed by atoms with van der Waals surface area (Å²) >= 11 is 0. The predicted molar refractivity (Wildman–Crippen MR) is 35.7 cm³/mol. The number of hydrogen-bond acceptors (Lipinski definition) is 0. The lowest BCUT2D eigenvalue weighted by Gasteiger charge is -2.26. The van der Waals surface area contributed by atoms with Gasteiger partial charge in [0.15, 0.2) is 0 Å². The molecule has 15 heavy (non-hydrogen) atoms. The normalized spacial score (nSPS) is 16.2. The first-order chi connectivity index (χ1) is 6.51. The average molecular weight is 244 g/mol. The number of halogens is 8. The van der Waals surface area contributed by atoms with Crippen LogP contribution in [-0.4, -0.2) is 24.7 Å². The van der Waals surface area contributed by atoms with Crippen LogP contribution < -0.4 is 0 Å². The third kappa shape index (κ3) is 3.49. The van der Waals surface area contributed by atoms with E-state index in [1.54, 1.807) is 0 Å². The largest absolute Gasteiger partial charge is 0.310 e. The summed E-state index contributed by atoms with van der Waals surface area (Å²) in [5.41, 5.74) is 0. The summed E-state index contributed by atoms with van der Waals surface area (Å²) in [6, 6.07) is 0. The predicted octanol–water partition coefficient (Wildman–Crippen LogP) is 3.81. The van der Waals surface area contributed by atoms with Crippen molar-refractivity contribution in [3.05, 3.63) is 0 Å². The monoisotopic (exact) mass is 244 g/mol. The molecule has 1 atom stereocenters. The van der Waals surface area contributed by atoms with Crippen molar-refractivity contribution in [2.45, 2.75) is 38.0 Å². The highest BCUT2D eigenvalue weighted by Gasteiger charge is 2.52. The third-order valence-electron chi connectivity index (χ3n) is 1.85. The highest BCUT2D eigenvalue weighted by Crippen LogP contribution is 2.39. The van der Waals surface area contributed by atoms with Gasteiger partial charge in [-0.3, -0.25) is 0 Å². The van der Waals surface area contributed by atoms with Gasteiger partial charge in [0.25, 0.3) is 0 Å². The van der Waals surface area contributed by atoms with Crippen molar-refractivity contribution in [3.8, 4) is 0 Å². The SMILES string of the molecule is CC(CC(F)(F)C(F)F)C(F)(F)C(F)F. The van der Waals surface area contributed by atoms with E-state index in [1.165, 1.54) is 0 Å². The summed E-state index contributed by atoms with van der Waals surface area (Å²) in [6.07, 6.45) is -10.3. The van der Waals surface area contributed by atoms with Gasteiger partial charge in [-0.2, -0.15) is 8.78 Å². The minimum atomic E-state index is -4.70. The molecule has 0 radical (unpaired) electrons. The van der Waals surface area contributed by atoms with Gasteiger partial charge >= 0.3 is 24.7 Å². The van der Waals surface area contributed by atoms with Gasteiger partial charge in [-0.05, 0) is 0 Å². The van der Waals surface area contributed by atoms with Crippen LogP contribution in [-0.2, 0) is 0 Å². The second-order valence-electron chi connectivity index (χ2n) is 3.14. The van der Waals surface area contributed by atoms with Crippen LogP contribution >= 0.6 is 0 Å². The molecule has 0 saturated carbocycles. The second kappa shape index (κ2) is 4.52. The Morgan fingerprint density at radius 2 is 1.27 bits per heavy atom. The summed E-state index contributed by atoms with van der Waals surface area (Å²) in [6.45, 7) is 0.377. The molecule has 0 aliphatic rings. The van der Waals surface area contributed by atoms with E-state index in [2.05, 4.69) is 0 Å². The Labute approximate surface area is 80.3 Å². The Balaban J connectivity index is 4.56. The van der Waals surface area contributed by atoms with E-state index in [0.717, 1.165) is 0 Å². The molecule has 8 heteroatoms. The zero-order valence-corrected chi connectivity index (χ0v) is 7.46. The Morgan fingerprint density at radius 3 is 1.53 bits per heavy atom. The molecule has 0 aliphatic heterocycles. The Kier molecular flexibility index (Phi) is 4.36. The fourth-order valence-electron chi connectivity index (χ4n) is 0.848. The van der Waals surface area contributed by atoms with Gasteiger partial charge in [0.2, 0.25) is 0 Å². The maximum Gasteiger partial charge on any atom is 0.310 e. The molecule has 0 aromatic rings. The van der Waals surface area contributed by atoms with E-state index in [4.69, 9.17) is 0 Å². The van der Waals surface area contributed by atoms with Gasteiger partial charge in [0, 0.05) is 12.3 Å². The standard InChI is InChI=1S/C7H8F8/c1-3(7(14,15)5(10)11)2-6(12,13)4(8)9/h3-5H,2H2,1H3. The number of rotatable bonds is 5. The summed E-state index contributed by atoms with van der Waals surface area (Å²) in [4.78, 5) is 0. The van der Waals surface area contributed by atoms with Crippen LogP contribution in [0.25, 0.3) is 0 Å². The molecule has 0 aliphatic carbocycles. The van der Waals surface area contributed by atoms with Gasteiger partial charge < -0.3 is 0 Å². The summed E-state index contributed by atoms with van der Waals surface area (Å²) < 4.78 is 95.8. The first kappa shape index (κ1) is 14.4. The quantitative estimate of drug-likeness (QED) is 0.645. The summed E-state index contributed by atoms with van der Waals surface area (Å²) in [7, 11) is 0. The zero-order chi connectivity index (χ0) is 12.4. The third-order valence-corrected chi connectivity index (χ3v) is 1.85. The first-order valence-corrected chi connectivity index (χ1v) is 3.83. The lowest BCUT2D eigenvalue weighted by Crippen LogP contribution is -2.40. The highest BCUT2D eigenvalue weighted by atomic mass is 19.3. The van der Waals surface area contributed by atoms with Crippen LogP contribution in [0.3, 0.4) is 0 Å². The Morgan fingerprint density at radius 1 is 0.867 bits per heavy atom. The topological polar surface area (TPSA) is 0 Å². The lowest BCUT2D eigenvalue weighted by molar-refractivity contribution is -0.198. The van der Waals surface area contributed by atoms with Gasteiger partial charge in [0.05, 0.1) is 0 Å². The van der Waals surface area contributed by atoms with Crippen LogP contribution in [0.2, 0.25) is 0 Å². The molecule has 0 rings (SSSR count).